The molecule has 1 saturated heterocycles. The van der Waals surface area contributed by atoms with Crippen molar-refractivity contribution in [3.63, 3.8) is 0 Å². The molecule has 3 nitrogen and oxygen atoms in total. The van der Waals surface area contributed by atoms with Crippen molar-refractivity contribution in [1.29, 1.82) is 0 Å². The molecule has 20 heavy (non-hydrogen) atoms. The van der Waals surface area contributed by atoms with E-state index in [-0.39, 0.29) is 6.61 Å². The highest BCUT2D eigenvalue weighted by Crippen LogP contribution is 2.33. The standard InChI is InChI=1S/C17H31NO2/c1-2-3-4-14-5-7-16(8-6-14)17(20)18-11-9-15(13-19)10-12-18/h14-16,19H,2-13H2,1H3. The predicted molar refractivity (Wildman–Crippen MR) is 81.4 cm³/mol. The van der Waals surface area contributed by atoms with Crippen LogP contribution in [-0.4, -0.2) is 35.6 Å². The number of unbranched alkanes of at least 4 members (excludes halogenated alkanes) is 1. The highest BCUT2D eigenvalue weighted by atomic mass is 16.3. The normalized spacial score (nSPS) is 28.6. The summed E-state index contributed by atoms with van der Waals surface area (Å²) in [6.45, 7) is 4.26. The zero-order valence-corrected chi connectivity index (χ0v) is 13.0. The monoisotopic (exact) mass is 281 g/mol. The molecule has 2 aliphatic rings. The van der Waals surface area contributed by atoms with Gasteiger partial charge in [0.1, 0.15) is 0 Å². The van der Waals surface area contributed by atoms with Gasteiger partial charge in [-0.15, -0.1) is 0 Å². The molecule has 0 aromatic rings. The molecule has 116 valence electrons. The maximum atomic E-state index is 12.5. The number of rotatable bonds is 5. The van der Waals surface area contributed by atoms with Gasteiger partial charge in [0.05, 0.1) is 0 Å². The van der Waals surface area contributed by atoms with Crippen LogP contribution in [-0.2, 0) is 4.79 Å². The quantitative estimate of drug-likeness (QED) is 0.840. The van der Waals surface area contributed by atoms with E-state index < -0.39 is 0 Å². The molecule has 1 aliphatic carbocycles. The number of amides is 1. The summed E-state index contributed by atoms with van der Waals surface area (Å²) in [6, 6.07) is 0. The van der Waals surface area contributed by atoms with Crippen LogP contribution in [0.25, 0.3) is 0 Å². The van der Waals surface area contributed by atoms with E-state index in [9.17, 15) is 4.79 Å². The largest absolute Gasteiger partial charge is 0.396 e. The molecule has 0 spiro atoms. The minimum atomic E-state index is 0.282. The van der Waals surface area contributed by atoms with Crippen molar-refractivity contribution >= 4 is 5.91 Å². The molecule has 0 bridgehead atoms. The van der Waals surface area contributed by atoms with Gasteiger partial charge in [0.2, 0.25) is 5.91 Å². The van der Waals surface area contributed by atoms with E-state index in [2.05, 4.69) is 11.8 Å². The Bertz CT molecular complexity index is 289. The summed E-state index contributed by atoms with van der Waals surface area (Å²) in [6.07, 6.45) is 10.7. The Labute approximate surface area is 123 Å². The average molecular weight is 281 g/mol. The zero-order valence-electron chi connectivity index (χ0n) is 13.0. The second-order valence-electron chi connectivity index (χ2n) is 6.81. The van der Waals surface area contributed by atoms with Crippen molar-refractivity contribution in [2.45, 2.75) is 64.7 Å². The highest BCUT2D eigenvalue weighted by Gasteiger charge is 2.31. The third-order valence-corrected chi connectivity index (χ3v) is 5.35. The fraction of sp³-hybridized carbons (Fsp3) is 0.941. The van der Waals surface area contributed by atoms with E-state index in [1.165, 1.54) is 32.1 Å². The molecule has 2 fully saturated rings. The molecule has 0 unspecified atom stereocenters. The van der Waals surface area contributed by atoms with Gasteiger partial charge in [0, 0.05) is 25.6 Å². The van der Waals surface area contributed by atoms with E-state index >= 15 is 0 Å². The van der Waals surface area contributed by atoms with Crippen LogP contribution < -0.4 is 0 Å². The Kier molecular flexibility index (Phi) is 6.34. The molecule has 0 atom stereocenters. The van der Waals surface area contributed by atoms with Gasteiger partial charge in [-0.05, 0) is 50.4 Å². The van der Waals surface area contributed by atoms with Crippen LogP contribution in [0.3, 0.4) is 0 Å². The van der Waals surface area contributed by atoms with Crippen molar-refractivity contribution in [3.8, 4) is 0 Å². The van der Waals surface area contributed by atoms with E-state index in [1.54, 1.807) is 0 Å². The summed E-state index contributed by atoms with van der Waals surface area (Å²) in [5.74, 6) is 1.98. The number of carbonyl (C=O) groups excluding carboxylic acids is 1. The summed E-state index contributed by atoms with van der Waals surface area (Å²) >= 11 is 0. The first-order chi connectivity index (χ1) is 9.74. The van der Waals surface area contributed by atoms with Gasteiger partial charge >= 0.3 is 0 Å². The Hall–Kier alpha value is -0.570. The van der Waals surface area contributed by atoms with Crippen LogP contribution >= 0.6 is 0 Å². The number of aliphatic hydroxyl groups is 1. The first kappa shape index (κ1) is 15.8. The molecule has 0 aromatic heterocycles. The fourth-order valence-corrected chi connectivity index (χ4v) is 3.78. The first-order valence-electron chi connectivity index (χ1n) is 8.64. The number of likely N-dealkylation sites (tertiary alicyclic amines) is 1. The summed E-state index contributed by atoms with van der Waals surface area (Å²) in [4.78, 5) is 14.6. The van der Waals surface area contributed by atoms with Gasteiger partial charge < -0.3 is 10.0 Å². The van der Waals surface area contributed by atoms with E-state index in [4.69, 9.17) is 5.11 Å². The van der Waals surface area contributed by atoms with Gasteiger partial charge in [-0.2, -0.15) is 0 Å². The molecule has 1 amide bonds. The number of nitrogens with zero attached hydrogens (tertiary/aromatic N) is 1. The van der Waals surface area contributed by atoms with Crippen LogP contribution in [0.1, 0.15) is 64.7 Å². The van der Waals surface area contributed by atoms with Crippen molar-refractivity contribution in [2.24, 2.45) is 17.8 Å². The lowest BCUT2D eigenvalue weighted by atomic mass is 9.79. The second kappa shape index (κ2) is 8.02. The van der Waals surface area contributed by atoms with E-state index in [1.807, 2.05) is 0 Å². The minimum Gasteiger partial charge on any atom is -0.396 e. The van der Waals surface area contributed by atoms with Crippen molar-refractivity contribution in [2.75, 3.05) is 19.7 Å². The Morgan fingerprint density at radius 1 is 1.05 bits per heavy atom. The third kappa shape index (κ3) is 4.21. The third-order valence-electron chi connectivity index (χ3n) is 5.35. The fourth-order valence-electron chi connectivity index (χ4n) is 3.78. The smallest absolute Gasteiger partial charge is 0.225 e. The lowest BCUT2D eigenvalue weighted by Gasteiger charge is -2.36. The lowest BCUT2D eigenvalue weighted by Crippen LogP contribution is -2.43. The summed E-state index contributed by atoms with van der Waals surface area (Å²) in [5, 5.41) is 9.16. The maximum Gasteiger partial charge on any atom is 0.225 e. The molecule has 1 saturated carbocycles. The molecule has 1 N–H and O–H groups in total. The number of carbonyl (C=O) groups is 1. The minimum absolute atomic E-state index is 0.282. The van der Waals surface area contributed by atoms with E-state index in [0.717, 1.165) is 44.7 Å². The Balaban J connectivity index is 1.72. The van der Waals surface area contributed by atoms with Crippen LogP contribution in [0.4, 0.5) is 0 Å². The SMILES string of the molecule is CCCCC1CCC(C(=O)N2CCC(CO)CC2)CC1. The predicted octanol–water partition coefficient (Wildman–Crippen LogP) is 3.21. The lowest BCUT2D eigenvalue weighted by molar-refractivity contribution is -0.138. The zero-order chi connectivity index (χ0) is 14.4. The van der Waals surface area contributed by atoms with Gasteiger partial charge in [-0.3, -0.25) is 4.79 Å². The van der Waals surface area contributed by atoms with Crippen molar-refractivity contribution in [3.05, 3.63) is 0 Å². The van der Waals surface area contributed by atoms with Gasteiger partial charge in [0.25, 0.3) is 0 Å². The number of hydrogen-bond acceptors (Lipinski definition) is 2. The van der Waals surface area contributed by atoms with Gasteiger partial charge in [0.15, 0.2) is 0 Å². The number of aliphatic hydroxyl groups excluding tert-OH is 1. The van der Waals surface area contributed by atoms with Crippen molar-refractivity contribution < 1.29 is 9.90 Å². The molecule has 3 heteroatoms. The van der Waals surface area contributed by atoms with Crippen LogP contribution in [0.2, 0.25) is 0 Å². The summed E-state index contributed by atoms with van der Waals surface area (Å²) in [7, 11) is 0. The molecule has 1 aliphatic heterocycles. The molecule has 0 radical (unpaired) electrons. The Morgan fingerprint density at radius 2 is 1.70 bits per heavy atom. The van der Waals surface area contributed by atoms with Gasteiger partial charge in [-0.1, -0.05) is 26.2 Å². The van der Waals surface area contributed by atoms with Gasteiger partial charge in [-0.25, -0.2) is 0 Å². The maximum absolute atomic E-state index is 12.5. The van der Waals surface area contributed by atoms with Crippen molar-refractivity contribution in [1.82, 2.24) is 4.90 Å². The molecule has 1 heterocycles. The van der Waals surface area contributed by atoms with Crippen LogP contribution in [0.5, 0.6) is 0 Å². The number of piperidine rings is 1. The molecule has 2 rings (SSSR count). The van der Waals surface area contributed by atoms with E-state index in [0.29, 0.717) is 17.7 Å². The Morgan fingerprint density at radius 3 is 2.25 bits per heavy atom. The molecular weight excluding hydrogens is 250 g/mol. The van der Waals surface area contributed by atoms with Crippen LogP contribution in [0.15, 0.2) is 0 Å². The molecule has 0 aromatic carbocycles. The molecular formula is C17H31NO2. The summed E-state index contributed by atoms with van der Waals surface area (Å²) in [5.41, 5.74) is 0. The van der Waals surface area contributed by atoms with Crippen LogP contribution in [0, 0.1) is 17.8 Å². The summed E-state index contributed by atoms with van der Waals surface area (Å²) < 4.78 is 0. The second-order valence-corrected chi connectivity index (χ2v) is 6.81. The first-order valence-corrected chi connectivity index (χ1v) is 8.64. The topological polar surface area (TPSA) is 40.5 Å². The average Bonchev–Trinajstić information content (AvgIpc) is 2.53. The highest BCUT2D eigenvalue weighted by molar-refractivity contribution is 5.79. The number of hydrogen-bond donors (Lipinski definition) is 1.